The Balaban J connectivity index is 2.36. The molecule has 0 heterocycles. The summed E-state index contributed by atoms with van der Waals surface area (Å²) in [6.45, 7) is 4.30. The number of hydrogen-bond donors (Lipinski definition) is 3. The number of esters is 1. The molecule has 0 fully saturated rings. The molecule has 0 amide bonds. The topological polar surface area (TPSA) is 88.0 Å². The summed E-state index contributed by atoms with van der Waals surface area (Å²) in [7, 11) is 3.43. The van der Waals surface area contributed by atoms with Gasteiger partial charge in [0.15, 0.2) is 11.5 Å². The van der Waals surface area contributed by atoms with Crippen LogP contribution in [0.1, 0.15) is 51.5 Å². The summed E-state index contributed by atoms with van der Waals surface area (Å²) >= 11 is 0. The quantitative estimate of drug-likeness (QED) is 0.467. The minimum Gasteiger partial charge on any atom is -0.504 e. The van der Waals surface area contributed by atoms with Crippen LogP contribution in [-0.2, 0) is 16.0 Å². The number of carbonyl (C=O) groups is 1. The summed E-state index contributed by atoms with van der Waals surface area (Å²) in [5.41, 5.74) is 0.785. The van der Waals surface area contributed by atoms with Gasteiger partial charge >= 0.3 is 5.97 Å². The van der Waals surface area contributed by atoms with Crippen molar-refractivity contribution >= 4 is 5.97 Å². The van der Waals surface area contributed by atoms with Gasteiger partial charge in [-0.1, -0.05) is 18.9 Å². The molecule has 30 heavy (non-hydrogen) atoms. The Kier molecular flexibility index (Phi) is 9.01. The predicted octanol–water partition coefficient (Wildman–Crippen LogP) is 3.05. The van der Waals surface area contributed by atoms with Crippen molar-refractivity contribution in [2.24, 2.45) is 11.3 Å². The van der Waals surface area contributed by atoms with Gasteiger partial charge in [-0.05, 0) is 50.4 Å². The zero-order valence-corrected chi connectivity index (χ0v) is 18.5. The van der Waals surface area contributed by atoms with Crippen molar-refractivity contribution in [3.8, 4) is 23.3 Å². The molecule has 4 unspecified atom stereocenters. The van der Waals surface area contributed by atoms with Gasteiger partial charge in [0.2, 0.25) is 0 Å². The van der Waals surface area contributed by atoms with Gasteiger partial charge in [0, 0.05) is 37.6 Å². The highest BCUT2D eigenvalue weighted by Crippen LogP contribution is 2.33. The van der Waals surface area contributed by atoms with E-state index >= 15 is 0 Å². The van der Waals surface area contributed by atoms with Gasteiger partial charge in [-0.25, -0.2) is 0 Å². The van der Waals surface area contributed by atoms with Crippen molar-refractivity contribution in [1.82, 2.24) is 5.32 Å². The summed E-state index contributed by atoms with van der Waals surface area (Å²) in [5.74, 6) is 6.89. The lowest BCUT2D eigenvalue weighted by molar-refractivity contribution is -0.151. The molecule has 2 rings (SSSR count). The molecule has 1 aliphatic carbocycles. The minimum absolute atomic E-state index is 0.0764. The minimum atomic E-state index is -0.561. The highest BCUT2D eigenvalue weighted by atomic mass is 16.5. The fraction of sp³-hybridized carbons (Fsp3) is 0.625. The molecule has 3 N–H and O–H groups in total. The van der Waals surface area contributed by atoms with E-state index in [0.717, 1.165) is 24.9 Å². The third kappa shape index (κ3) is 6.65. The Labute approximate surface area is 180 Å². The molecule has 4 atom stereocenters. The van der Waals surface area contributed by atoms with Gasteiger partial charge in [-0.2, -0.15) is 0 Å². The van der Waals surface area contributed by atoms with E-state index < -0.39 is 12.2 Å². The second-order valence-corrected chi connectivity index (χ2v) is 8.22. The SMILES string of the molecule is CCC1(CNC)C#CCC(Cc2ccc(O)c(OC)c2)C(OC(C)=O)CC(O)CC1. The summed E-state index contributed by atoms with van der Waals surface area (Å²) in [4.78, 5) is 11.7. The van der Waals surface area contributed by atoms with Crippen LogP contribution in [0.4, 0.5) is 0 Å². The number of carbonyl (C=O) groups excluding carboxylic acids is 1. The van der Waals surface area contributed by atoms with Crippen LogP contribution in [0.5, 0.6) is 11.5 Å². The standard InChI is InChI=1S/C24H35NO5/c1-5-24(16-25-3)11-6-7-19(13-18-8-9-21(28)23(14-18)29-4)22(30-17(2)26)15-20(27)10-12-24/h8-9,14,19-20,22,25,27-28H,5,7,10,12-13,15-16H2,1-4H3. The van der Waals surface area contributed by atoms with E-state index in [-0.39, 0.29) is 23.1 Å². The summed E-state index contributed by atoms with van der Waals surface area (Å²) in [5, 5.41) is 23.8. The number of aliphatic hydroxyl groups excluding tert-OH is 1. The van der Waals surface area contributed by atoms with E-state index in [1.54, 1.807) is 12.1 Å². The van der Waals surface area contributed by atoms with Gasteiger partial charge in [0.25, 0.3) is 0 Å². The fourth-order valence-corrected chi connectivity index (χ4v) is 4.16. The smallest absolute Gasteiger partial charge is 0.302 e. The van der Waals surface area contributed by atoms with Gasteiger partial charge in [0.1, 0.15) is 6.10 Å². The second kappa shape index (κ2) is 11.2. The molecule has 0 bridgehead atoms. The Morgan fingerprint density at radius 1 is 1.40 bits per heavy atom. The summed E-state index contributed by atoms with van der Waals surface area (Å²) < 4.78 is 10.8. The van der Waals surface area contributed by atoms with Crippen LogP contribution in [0, 0.1) is 23.2 Å². The summed E-state index contributed by atoms with van der Waals surface area (Å²) in [6, 6.07) is 5.23. The molecule has 1 aromatic carbocycles. The number of ether oxygens (including phenoxy) is 2. The van der Waals surface area contributed by atoms with Crippen molar-refractivity contribution in [2.75, 3.05) is 20.7 Å². The maximum absolute atomic E-state index is 11.7. The largest absolute Gasteiger partial charge is 0.504 e. The van der Waals surface area contributed by atoms with Crippen molar-refractivity contribution in [3.63, 3.8) is 0 Å². The molecular weight excluding hydrogens is 382 g/mol. The third-order valence-corrected chi connectivity index (χ3v) is 5.96. The first kappa shape index (κ1) is 24.0. The molecule has 0 aliphatic heterocycles. The second-order valence-electron chi connectivity index (χ2n) is 8.22. The first-order valence-corrected chi connectivity index (χ1v) is 10.7. The number of methoxy groups -OCH3 is 1. The average molecular weight is 418 g/mol. The van der Waals surface area contributed by atoms with E-state index in [1.807, 2.05) is 13.1 Å². The molecule has 166 valence electrons. The van der Waals surface area contributed by atoms with Crippen molar-refractivity contribution in [2.45, 2.75) is 64.6 Å². The van der Waals surface area contributed by atoms with Crippen molar-refractivity contribution in [1.29, 1.82) is 0 Å². The Bertz CT molecular complexity index is 769. The lowest BCUT2D eigenvalue weighted by Gasteiger charge is -2.32. The van der Waals surface area contributed by atoms with E-state index in [4.69, 9.17) is 9.47 Å². The van der Waals surface area contributed by atoms with Crippen LogP contribution in [0.15, 0.2) is 18.2 Å². The van der Waals surface area contributed by atoms with E-state index in [0.29, 0.717) is 31.4 Å². The molecule has 0 saturated carbocycles. The number of aromatic hydroxyl groups is 1. The van der Waals surface area contributed by atoms with Crippen molar-refractivity contribution in [3.05, 3.63) is 23.8 Å². The number of aliphatic hydroxyl groups is 1. The molecule has 0 radical (unpaired) electrons. The molecule has 6 heteroatoms. The molecule has 6 nitrogen and oxygen atoms in total. The Hall–Kier alpha value is -2.23. The highest BCUT2D eigenvalue weighted by Gasteiger charge is 2.31. The van der Waals surface area contributed by atoms with Gasteiger partial charge in [-0.15, -0.1) is 5.92 Å². The zero-order chi connectivity index (χ0) is 22.1. The predicted molar refractivity (Wildman–Crippen MR) is 116 cm³/mol. The number of hydrogen-bond acceptors (Lipinski definition) is 6. The average Bonchev–Trinajstić information content (AvgIpc) is 2.71. The van der Waals surface area contributed by atoms with Gasteiger partial charge in [0.05, 0.1) is 13.2 Å². The van der Waals surface area contributed by atoms with Crippen LogP contribution < -0.4 is 10.1 Å². The molecule has 1 aliphatic rings. The number of phenolic OH excluding ortho intramolecular Hbond substituents is 1. The first-order chi connectivity index (χ1) is 14.3. The zero-order valence-electron chi connectivity index (χ0n) is 18.5. The molecule has 0 aromatic heterocycles. The van der Waals surface area contributed by atoms with Gasteiger partial charge in [-0.3, -0.25) is 4.79 Å². The van der Waals surface area contributed by atoms with Crippen LogP contribution in [0.2, 0.25) is 0 Å². The molecular formula is C24H35NO5. The molecule has 0 saturated heterocycles. The van der Waals surface area contributed by atoms with Crippen LogP contribution >= 0.6 is 0 Å². The fourth-order valence-electron chi connectivity index (χ4n) is 4.16. The van der Waals surface area contributed by atoms with E-state index in [2.05, 4.69) is 24.1 Å². The normalized spacial score (nSPS) is 26.9. The van der Waals surface area contributed by atoms with Crippen molar-refractivity contribution < 1.29 is 24.5 Å². The lowest BCUT2D eigenvalue weighted by atomic mass is 9.77. The number of phenols is 1. The van der Waals surface area contributed by atoms with E-state index in [9.17, 15) is 15.0 Å². The van der Waals surface area contributed by atoms with Crippen LogP contribution in [0.25, 0.3) is 0 Å². The monoisotopic (exact) mass is 417 g/mol. The van der Waals surface area contributed by atoms with Crippen LogP contribution in [-0.4, -0.2) is 49.1 Å². The Morgan fingerprint density at radius 2 is 2.17 bits per heavy atom. The number of nitrogens with one attached hydrogen (secondary N) is 1. The maximum atomic E-state index is 11.7. The Morgan fingerprint density at radius 3 is 2.80 bits per heavy atom. The number of rotatable bonds is 7. The summed E-state index contributed by atoms with van der Waals surface area (Å²) in [6.07, 6.45) is 2.87. The van der Waals surface area contributed by atoms with Crippen LogP contribution in [0.3, 0.4) is 0 Å². The highest BCUT2D eigenvalue weighted by molar-refractivity contribution is 5.66. The molecule has 1 aromatic rings. The van der Waals surface area contributed by atoms with Gasteiger partial charge < -0.3 is 25.0 Å². The maximum Gasteiger partial charge on any atom is 0.302 e. The van der Waals surface area contributed by atoms with E-state index in [1.165, 1.54) is 14.0 Å². The first-order valence-electron chi connectivity index (χ1n) is 10.7. The molecule has 0 spiro atoms. The number of benzene rings is 1. The lowest BCUT2D eigenvalue weighted by Crippen LogP contribution is -2.35. The third-order valence-electron chi connectivity index (χ3n) is 5.96.